The fourth-order valence-electron chi connectivity index (χ4n) is 9.25. The minimum Gasteiger partial charge on any atom is -0.465 e. The molecule has 2 heterocycles. The van der Waals surface area contributed by atoms with Gasteiger partial charge in [0.15, 0.2) is 11.4 Å². The standard InChI is InChI=1S/C32H38N4O6/c1-19-14-32-15-21(19)5-6-24(32)30(3)8-7-26(41-28(38)22-16-33-9-11-35-22)31(4,18-40-20(2)37)25(30)13-27(32)42-29(39)23-17-34-10-12-36-23/h9-12,16-17,21,24-27H,1,5-8,13-15,18H2,2-4H3/t21-,24+,25?,26-,27+,30+,31-,32+/m1/s1. The van der Waals surface area contributed by atoms with E-state index in [4.69, 9.17) is 14.2 Å². The zero-order valence-electron chi connectivity index (χ0n) is 24.5. The highest BCUT2D eigenvalue weighted by molar-refractivity contribution is 5.87. The van der Waals surface area contributed by atoms with Crippen LogP contribution in [0.2, 0.25) is 0 Å². The number of hydrogen-bond donors (Lipinski definition) is 0. The molecule has 2 aromatic heterocycles. The van der Waals surface area contributed by atoms with Crippen LogP contribution < -0.4 is 0 Å². The summed E-state index contributed by atoms with van der Waals surface area (Å²) in [4.78, 5) is 55.1. The molecule has 0 saturated heterocycles. The first-order chi connectivity index (χ1) is 20.1. The lowest BCUT2D eigenvalue weighted by molar-refractivity contribution is -0.232. The molecule has 10 nitrogen and oxygen atoms in total. The molecule has 42 heavy (non-hydrogen) atoms. The molecule has 4 fully saturated rings. The first-order valence-electron chi connectivity index (χ1n) is 14.8. The van der Waals surface area contributed by atoms with Crippen molar-refractivity contribution in [3.8, 4) is 0 Å². The van der Waals surface area contributed by atoms with Gasteiger partial charge in [-0.15, -0.1) is 0 Å². The highest BCUT2D eigenvalue weighted by Crippen LogP contribution is 2.72. The van der Waals surface area contributed by atoms with Crippen LogP contribution in [0.4, 0.5) is 0 Å². The summed E-state index contributed by atoms with van der Waals surface area (Å²) in [5.74, 6) is -0.835. The molecular formula is C32H38N4O6. The number of rotatable bonds is 6. The van der Waals surface area contributed by atoms with Gasteiger partial charge < -0.3 is 14.2 Å². The van der Waals surface area contributed by atoms with Crippen molar-refractivity contribution < 1.29 is 28.6 Å². The molecule has 222 valence electrons. The number of hydrogen-bond acceptors (Lipinski definition) is 10. The van der Waals surface area contributed by atoms with Gasteiger partial charge in [-0.1, -0.05) is 26.0 Å². The van der Waals surface area contributed by atoms with Gasteiger partial charge in [0, 0.05) is 42.5 Å². The van der Waals surface area contributed by atoms with Crippen LogP contribution in [0.5, 0.6) is 0 Å². The van der Waals surface area contributed by atoms with E-state index in [2.05, 4.69) is 33.4 Å². The third-order valence-electron chi connectivity index (χ3n) is 11.0. The number of ether oxygens (including phenoxy) is 3. The van der Waals surface area contributed by atoms with Gasteiger partial charge in [-0.3, -0.25) is 14.8 Å². The smallest absolute Gasteiger partial charge is 0.358 e. The van der Waals surface area contributed by atoms with E-state index in [1.54, 1.807) is 0 Å². The van der Waals surface area contributed by atoms with Crippen LogP contribution in [0.3, 0.4) is 0 Å². The minimum absolute atomic E-state index is 0.0709. The van der Waals surface area contributed by atoms with Crippen molar-refractivity contribution in [3.05, 3.63) is 60.7 Å². The molecule has 0 aromatic carbocycles. The summed E-state index contributed by atoms with van der Waals surface area (Å²) in [5.41, 5.74) is 0.424. The quantitative estimate of drug-likeness (QED) is 0.270. The fraction of sp³-hybridized carbons (Fsp3) is 0.594. The van der Waals surface area contributed by atoms with E-state index >= 15 is 0 Å². The molecule has 2 aromatic rings. The molecule has 8 atom stereocenters. The van der Waals surface area contributed by atoms with Gasteiger partial charge in [0.05, 0.1) is 12.4 Å². The van der Waals surface area contributed by atoms with E-state index in [9.17, 15) is 14.4 Å². The maximum atomic E-state index is 13.4. The highest BCUT2D eigenvalue weighted by Gasteiger charge is 2.70. The van der Waals surface area contributed by atoms with E-state index in [0.29, 0.717) is 18.8 Å². The first-order valence-corrected chi connectivity index (χ1v) is 14.8. The Morgan fingerprint density at radius 3 is 2.14 bits per heavy atom. The number of allylic oxidation sites excluding steroid dienone is 1. The number of fused-ring (bicyclic) bond motifs is 3. The largest absolute Gasteiger partial charge is 0.465 e. The summed E-state index contributed by atoms with van der Waals surface area (Å²) in [7, 11) is 0. The number of carbonyl (C=O) groups is 3. The normalized spacial score (nSPS) is 36.7. The van der Waals surface area contributed by atoms with E-state index in [1.165, 1.54) is 49.7 Å². The molecule has 4 saturated carbocycles. The summed E-state index contributed by atoms with van der Waals surface area (Å²) >= 11 is 0. The second kappa shape index (κ2) is 10.5. The molecule has 4 aliphatic carbocycles. The maximum absolute atomic E-state index is 13.4. The lowest BCUT2D eigenvalue weighted by atomic mass is 9.40. The summed E-state index contributed by atoms with van der Waals surface area (Å²) in [6.07, 6.45) is 13.7. The van der Waals surface area contributed by atoms with Crippen LogP contribution in [-0.2, 0) is 19.0 Å². The zero-order chi connectivity index (χ0) is 29.7. The molecule has 6 rings (SSSR count). The lowest BCUT2D eigenvalue weighted by Crippen LogP contribution is -2.66. The Hall–Kier alpha value is -3.69. The molecule has 1 spiro atoms. The van der Waals surface area contributed by atoms with Crippen molar-refractivity contribution in [3.63, 3.8) is 0 Å². The highest BCUT2D eigenvalue weighted by atomic mass is 16.6. The first kappa shape index (κ1) is 28.4. The average Bonchev–Trinajstić information content (AvgIpc) is 3.24. The molecule has 10 heteroatoms. The molecule has 2 bridgehead atoms. The van der Waals surface area contributed by atoms with E-state index in [1.807, 2.05) is 6.92 Å². The Morgan fingerprint density at radius 2 is 1.55 bits per heavy atom. The molecule has 1 unspecified atom stereocenters. The van der Waals surface area contributed by atoms with Crippen LogP contribution in [-0.4, -0.2) is 56.7 Å². The predicted molar refractivity (Wildman–Crippen MR) is 150 cm³/mol. The van der Waals surface area contributed by atoms with Crippen molar-refractivity contribution in [2.45, 2.75) is 77.9 Å². The Morgan fingerprint density at radius 1 is 0.905 bits per heavy atom. The molecule has 4 aliphatic rings. The number of aromatic nitrogens is 4. The summed E-state index contributed by atoms with van der Waals surface area (Å²) in [6, 6.07) is 0. The van der Waals surface area contributed by atoms with E-state index < -0.39 is 35.5 Å². The molecule has 0 aliphatic heterocycles. The van der Waals surface area contributed by atoms with Crippen LogP contribution in [0.15, 0.2) is 49.3 Å². The van der Waals surface area contributed by atoms with Crippen molar-refractivity contribution in [2.24, 2.45) is 34.0 Å². The van der Waals surface area contributed by atoms with Crippen molar-refractivity contribution >= 4 is 17.9 Å². The Labute approximate surface area is 245 Å². The van der Waals surface area contributed by atoms with Crippen LogP contribution in [0.1, 0.15) is 86.7 Å². The predicted octanol–water partition coefficient (Wildman–Crippen LogP) is 4.77. The minimum atomic E-state index is -0.734. The van der Waals surface area contributed by atoms with Gasteiger partial charge in [-0.05, 0) is 68.1 Å². The fourth-order valence-corrected chi connectivity index (χ4v) is 9.25. The van der Waals surface area contributed by atoms with Gasteiger partial charge in [-0.2, -0.15) is 0 Å². The summed E-state index contributed by atoms with van der Waals surface area (Å²) in [6.45, 7) is 10.3. The number of esters is 3. The number of carbonyl (C=O) groups excluding carboxylic acids is 3. The van der Waals surface area contributed by atoms with Gasteiger partial charge in [0.25, 0.3) is 0 Å². The average molecular weight is 575 g/mol. The van der Waals surface area contributed by atoms with Gasteiger partial charge in [0.2, 0.25) is 0 Å². The molecule has 0 radical (unpaired) electrons. The van der Waals surface area contributed by atoms with Crippen molar-refractivity contribution in [1.82, 2.24) is 19.9 Å². The zero-order valence-corrected chi connectivity index (χ0v) is 24.5. The molecule has 0 N–H and O–H groups in total. The number of nitrogens with zero attached hydrogens (tertiary/aromatic N) is 4. The van der Waals surface area contributed by atoms with Gasteiger partial charge in [0.1, 0.15) is 18.8 Å². The third kappa shape index (κ3) is 4.59. The second-order valence-corrected chi connectivity index (χ2v) is 13.2. The summed E-state index contributed by atoms with van der Waals surface area (Å²) < 4.78 is 18.2. The van der Waals surface area contributed by atoms with Crippen molar-refractivity contribution in [1.29, 1.82) is 0 Å². The third-order valence-corrected chi connectivity index (χ3v) is 11.0. The Bertz CT molecular complexity index is 1390. The van der Waals surface area contributed by atoms with Gasteiger partial charge >= 0.3 is 17.9 Å². The van der Waals surface area contributed by atoms with E-state index in [0.717, 1.165) is 32.1 Å². The molecule has 0 amide bonds. The SMILES string of the molecule is C=C1C[C@]23C[C@H]1CC[C@H]2[C@]1(C)CC[C@@H](OC(=O)c2cnccn2)[C@](C)(COC(C)=O)C1C[C@@H]3OC(=O)c1cnccn1. The monoisotopic (exact) mass is 574 g/mol. The van der Waals surface area contributed by atoms with Crippen LogP contribution in [0.25, 0.3) is 0 Å². The van der Waals surface area contributed by atoms with Crippen molar-refractivity contribution in [2.75, 3.05) is 6.61 Å². The second-order valence-electron chi connectivity index (χ2n) is 13.2. The summed E-state index contributed by atoms with van der Waals surface area (Å²) in [5, 5.41) is 0. The lowest BCUT2D eigenvalue weighted by Gasteiger charge is -2.66. The Balaban J connectivity index is 1.38. The topological polar surface area (TPSA) is 130 Å². The van der Waals surface area contributed by atoms with Gasteiger partial charge in [-0.25, -0.2) is 19.6 Å². The Kier molecular flexibility index (Phi) is 7.14. The molecular weight excluding hydrogens is 536 g/mol. The van der Waals surface area contributed by atoms with Crippen LogP contribution in [0, 0.1) is 34.0 Å². The van der Waals surface area contributed by atoms with Crippen LogP contribution >= 0.6 is 0 Å². The maximum Gasteiger partial charge on any atom is 0.358 e. The van der Waals surface area contributed by atoms with E-state index in [-0.39, 0.29) is 40.7 Å².